The zero-order chi connectivity index (χ0) is 13.7. The van der Waals surface area contributed by atoms with Crippen molar-refractivity contribution in [2.24, 2.45) is 0 Å². The Morgan fingerprint density at radius 2 is 2.21 bits per heavy atom. The molecule has 1 atom stereocenters. The van der Waals surface area contributed by atoms with Crippen molar-refractivity contribution in [1.82, 2.24) is 15.1 Å². The molecule has 2 rings (SSSR count). The Labute approximate surface area is 117 Å². The molecular weight excluding hydrogens is 234 g/mol. The third kappa shape index (κ3) is 3.82. The van der Waals surface area contributed by atoms with Crippen LogP contribution in [0.3, 0.4) is 0 Å². The lowest BCUT2D eigenvalue weighted by Crippen LogP contribution is -2.46. The van der Waals surface area contributed by atoms with Crippen LogP contribution in [0.1, 0.15) is 71.0 Å². The average molecular weight is 263 g/mol. The smallest absolute Gasteiger partial charge is 0.0643 e. The van der Waals surface area contributed by atoms with Gasteiger partial charge in [-0.2, -0.15) is 5.10 Å². The van der Waals surface area contributed by atoms with Gasteiger partial charge in [0.05, 0.1) is 5.69 Å². The van der Waals surface area contributed by atoms with E-state index in [-0.39, 0.29) is 0 Å². The molecule has 1 aliphatic rings. The standard InChI is InChI=1S/C16H29N3/c1-4-9-16(10-6-5-7-11-17-16)13-15-8-12-19(18-15)14(2)3/h8,12,14,17H,4-7,9-11,13H2,1-3H3. The monoisotopic (exact) mass is 263 g/mol. The summed E-state index contributed by atoms with van der Waals surface area (Å²) in [6.07, 6.45) is 11.1. The molecule has 0 radical (unpaired) electrons. The van der Waals surface area contributed by atoms with Crippen LogP contribution in [0.25, 0.3) is 0 Å². The fourth-order valence-corrected chi connectivity index (χ4v) is 3.24. The quantitative estimate of drug-likeness (QED) is 0.877. The molecule has 0 aliphatic carbocycles. The Kier molecular flexibility index (Phi) is 5.03. The van der Waals surface area contributed by atoms with Crippen molar-refractivity contribution in [2.45, 2.75) is 77.3 Å². The van der Waals surface area contributed by atoms with Gasteiger partial charge >= 0.3 is 0 Å². The van der Waals surface area contributed by atoms with Crippen LogP contribution >= 0.6 is 0 Å². The SMILES string of the molecule is CCCC1(Cc2ccn(C(C)C)n2)CCCCCN1. The molecule has 1 N–H and O–H groups in total. The van der Waals surface area contributed by atoms with Crippen LogP contribution in [0.5, 0.6) is 0 Å². The molecule has 0 saturated carbocycles. The van der Waals surface area contributed by atoms with Crippen molar-refractivity contribution in [1.29, 1.82) is 0 Å². The Bertz CT molecular complexity index is 373. The minimum absolute atomic E-state index is 0.293. The summed E-state index contributed by atoms with van der Waals surface area (Å²) < 4.78 is 2.08. The Morgan fingerprint density at radius 3 is 2.89 bits per heavy atom. The summed E-state index contributed by atoms with van der Waals surface area (Å²) in [4.78, 5) is 0. The van der Waals surface area contributed by atoms with E-state index >= 15 is 0 Å². The van der Waals surface area contributed by atoms with Gasteiger partial charge in [0.2, 0.25) is 0 Å². The minimum atomic E-state index is 0.293. The Morgan fingerprint density at radius 1 is 1.37 bits per heavy atom. The van der Waals surface area contributed by atoms with Crippen LogP contribution in [-0.4, -0.2) is 21.9 Å². The van der Waals surface area contributed by atoms with Crippen molar-refractivity contribution >= 4 is 0 Å². The number of aromatic nitrogens is 2. The van der Waals surface area contributed by atoms with E-state index in [1.54, 1.807) is 0 Å². The molecule has 0 spiro atoms. The maximum atomic E-state index is 4.74. The van der Waals surface area contributed by atoms with Crippen LogP contribution in [-0.2, 0) is 6.42 Å². The van der Waals surface area contributed by atoms with Gasteiger partial charge in [-0.25, -0.2) is 0 Å². The van der Waals surface area contributed by atoms with Crippen molar-refractivity contribution in [2.75, 3.05) is 6.54 Å². The van der Waals surface area contributed by atoms with Gasteiger partial charge in [0.1, 0.15) is 0 Å². The number of hydrogen-bond donors (Lipinski definition) is 1. The van der Waals surface area contributed by atoms with Gasteiger partial charge in [0, 0.05) is 24.2 Å². The molecule has 0 amide bonds. The summed E-state index contributed by atoms with van der Waals surface area (Å²) in [7, 11) is 0. The first-order chi connectivity index (χ1) is 9.15. The number of nitrogens with one attached hydrogen (secondary N) is 1. The minimum Gasteiger partial charge on any atom is -0.311 e. The molecular formula is C16H29N3. The maximum absolute atomic E-state index is 4.74. The second kappa shape index (κ2) is 6.56. The van der Waals surface area contributed by atoms with Crippen molar-refractivity contribution < 1.29 is 0 Å². The molecule has 0 bridgehead atoms. The molecule has 1 aromatic rings. The van der Waals surface area contributed by atoms with E-state index in [9.17, 15) is 0 Å². The number of rotatable bonds is 5. The molecule has 1 aliphatic heterocycles. The van der Waals surface area contributed by atoms with Gasteiger partial charge in [-0.3, -0.25) is 4.68 Å². The van der Waals surface area contributed by atoms with E-state index in [1.807, 2.05) is 0 Å². The first kappa shape index (κ1) is 14.6. The third-order valence-electron chi connectivity index (χ3n) is 4.27. The van der Waals surface area contributed by atoms with Gasteiger partial charge < -0.3 is 5.32 Å². The summed E-state index contributed by atoms with van der Waals surface area (Å²) in [5.74, 6) is 0. The number of nitrogens with zero attached hydrogens (tertiary/aromatic N) is 2. The lowest BCUT2D eigenvalue weighted by Gasteiger charge is -2.33. The molecule has 1 unspecified atom stereocenters. The van der Waals surface area contributed by atoms with E-state index in [0.29, 0.717) is 11.6 Å². The Balaban J connectivity index is 2.09. The van der Waals surface area contributed by atoms with Gasteiger partial charge in [0.25, 0.3) is 0 Å². The van der Waals surface area contributed by atoms with E-state index in [1.165, 1.54) is 50.8 Å². The first-order valence-corrected chi connectivity index (χ1v) is 7.94. The molecule has 0 aromatic carbocycles. The molecule has 108 valence electrons. The van der Waals surface area contributed by atoms with E-state index in [2.05, 4.69) is 43.0 Å². The summed E-state index contributed by atoms with van der Waals surface area (Å²) in [6.45, 7) is 7.83. The Hall–Kier alpha value is -0.830. The third-order valence-corrected chi connectivity index (χ3v) is 4.27. The van der Waals surface area contributed by atoms with Crippen molar-refractivity contribution in [3.8, 4) is 0 Å². The van der Waals surface area contributed by atoms with Crippen LogP contribution < -0.4 is 5.32 Å². The summed E-state index contributed by atoms with van der Waals surface area (Å²) in [5.41, 5.74) is 1.54. The number of hydrogen-bond acceptors (Lipinski definition) is 2. The van der Waals surface area contributed by atoms with Crippen LogP contribution in [0.4, 0.5) is 0 Å². The van der Waals surface area contributed by atoms with Crippen LogP contribution in [0.2, 0.25) is 0 Å². The molecule has 2 heterocycles. The topological polar surface area (TPSA) is 29.9 Å². The molecule has 1 saturated heterocycles. The average Bonchev–Trinajstić information content (AvgIpc) is 2.71. The summed E-state index contributed by atoms with van der Waals surface area (Å²) in [6, 6.07) is 2.65. The highest BCUT2D eigenvalue weighted by molar-refractivity contribution is 5.07. The molecule has 3 heteroatoms. The lowest BCUT2D eigenvalue weighted by molar-refractivity contribution is 0.284. The maximum Gasteiger partial charge on any atom is 0.0643 e. The highest BCUT2D eigenvalue weighted by Gasteiger charge is 2.30. The molecule has 19 heavy (non-hydrogen) atoms. The highest BCUT2D eigenvalue weighted by atomic mass is 15.3. The highest BCUT2D eigenvalue weighted by Crippen LogP contribution is 2.27. The predicted octanol–water partition coefficient (Wildman–Crippen LogP) is 3.71. The van der Waals surface area contributed by atoms with Gasteiger partial charge in [-0.15, -0.1) is 0 Å². The zero-order valence-electron chi connectivity index (χ0n) is 12.8. The van der Waals surface area contributed by atoms with Crippen LogP contribution in [0, 0.1) is 0 Å². The largest absolute Gasteiger partial charge is 0.311 e. The molecule has 3 nitrogen and oxygen atoms in total. The van der Waals surface area contributed by atoms with Gasteiger partial charge in [-0.1, -0.05) is 26.2 Å². The normalized spacial score (nSPS) is 24.6. The lowest BCUT2D eigenvalue weighted by atomic mass is 9.84. The fourth-order valence-electron chi connectivity index (χ4n) is 3.24. The van der Waals surface area contributed by atoms with E-state index in [0.717, 1.165) is 6.42 Å². The summed E-state index contributed by atoms with van der Waals surface area (Å²) in [5, 5.41) is 8.57. The van der Waals surface area contributed by atoms with Crippen LogP contribution in [0.15, 0.2) is 12.3 Å². The zero-order valence-corrected chi connectivity index (χ0v) is 12.8. The molecule has 1 fully saturated rings. The second-order valence-corrected chi connectivity index (χ2v) is 6.33. The van der Waals surface area contributed by atoms with Crippen molar-refractivity contribution in [3.05, 3.63) is 18.0 Å². The molecule has 1 aromatic heterocycles. The fraction of sp³-hybridized carbons (Fsp3) is 0.812. The summed E-state index contributed by atoms with van der Waals surface area (Å²) >= 11 is 0. The predicted molar refractivity (Wildman–Crippen MR) is 80.4 cm³/mol. The first-order valence-electron chi connectivity index (χ1n) is 7.94. The van der Waals surface area contributed by atoms with Gasteiger partial charge in [0.15, 0.2) is 0 Å². The van der Waals surface area contributed by atoms with Crippen molar-refractivity contribution in [3.63, 3.8) is 0 Å². The van der Waals surface area contributed by atoms with E-state index < -0.39 is 0 Å². The van der Waals surface area contributed by atoms with Gasteiger partial charge in [-0.05, 0) is 45.7 Å². The second-order valence-electron chi connectivity index (χ2n) is 6.33. The van der Waals surface area contributed by atoms with E-state index in [4.69, 9.17) is 5.10 Å².